The van der Waals surface area contributed by atoms with Gasteiger partial charge in [-0.15, -0.1) is 0 Å². The van der Waals surface area contributed by atoms with E-state index in [1.54, 1.807) is 18.2 Å². The summed E-state index contributed by atoms with van der Waals surface area (Å²) in [5.41, 5.74) is 0.232. The second-order valence-electron chi connectivity index (χ2n) is 5.19. The predicted molar refractivity (Wildman–Crippen MR) is 93.3 cm³/mol. The number of anilines is 2. The van der Waals surface area contributed by atoms with E-state index in [1.165, 1.54) is 31.2 Å². The number of amides is 1. The van der Waals surface area contributed by atoms with Gasteiger partial charge >= 0.3 is 0 Å². The third-order valence-corrected chi connectivity index (χ3v) is 4.73. The van der Waals surface area contributed by atoms with Crippen LogP contribution in [-0.4, -0.2) is 26.6 Å². The van der Waals surface area contributed by atoms with Crippen LogP contribution in [0.3, 0.4) is 0 Å². The zero-order valence-electron chi connectivity index (χ0n) is 13.0. The van der Waals surface area contributed by atoms with E-state index < -0.39 is 27.8 Å². The lowest BCUT2D eigenvalue weighted by Gasteiger charge is -2.28. The summed E-state index contributed by atoms with van der Waals surface area (Å²) in [4.78, 5) is 12.4. The van der Waals surface area contributed by atoms with Crippen LogP contribution in [0.25, 0.3) is 0 Å². The van der Waals surface area contributed by atoms with Gasteiger partial charge < -0.3 is 5.32 Å². The highest BCUT2D eigenvalue weighted by Crippen LogP contribution is 2.25. The second-order valence-corrected chi connectivity index (χ2v) is 7.48. The molecule has 0 saturated carbocycles. The predicted octanol–water partition coefficient (Wildman–Crippen LogP) is 3.27. The van der Waals surface area contributed by atoms with Gasteiger partial charge in [-0.05, 0) is 37.3 Å². The Bertz CT molecular complexity index is 858. The molecular formula is C16H16ClFN2O3S. The third kappa shape index (κ3) is 4.24. The molecule has 1 atom stereocenters. The number of nitrogens with zero attached hydrogens (tertiary/aromatic N) is 1. The van der Waals surface area contributed by atoms with Crippen LogP contribution < -0.4 is 9.62 Å². The Morgan fingerprint density at radius 1 is 1.21 bits per heavy atom. The van der Waals surface area contributed by atoms with E-state index in [1.807, 2.05) is 0 Å². The number of carbonyl (C=O) groups excluding carboxylic acids is 1. The fraction of sp³-hybridized carbons (Fsp3) is 0.188. The summed E-state index contributed by atoms with van der Waals surface area (Å²) in [6, 6.07) is 10.7. The molecule has 0 fully saturated rings. The first-order chi connectivity index (χ1) is 11.2. The minimum Gasteiger partial charge on any atom is -0.324 e. The summed E-state index contributed by atoms with van der Waals surface area (Å²) in [7, 11) is -3.88. The summed E-state index contributed by atoms with van der Waals surface area (Å²) in [5.74, 6) is -1.34. The van der Waals surface area contributed by atoms with Gasteiger partial charge in [0, 0.05) is 10.7 Å². The highest BCUT2D eigenvalue weighted by atomic mass is 35.5. The zero-order valence-corrected chi connectivity index (χ0v) is 14.6. The number of sulfonamides is 1. The molecule has 1 amide bonds. The maximum atomic E-state index is 14.0. The second kappa shape index (κ2) is 7.19. The molecule has 0 saturated heterocycles. The van der Waals surface area contributed by atoms with Crippen LogP contribution in [-0.2, 0) is 14.8 Å². The van der Waals surface area contributed by atoms with Gasteiger partial charge in [0.05, 0.1) is 11.9 Å². The number of para-hydroxylation sites is 1. The van der Waals surface area contributed by atoms with Crippen LogP contribution in [0, 0.1) is 5.82 Å². The van der Waals surface area contributed by atoms with Gasteiger partial charge in [0.25, 0.3) is 0 Å². The molecule has 0 heterocycles. The number of nitrogens with one attached hydrogen (secondary N) is 1. The Morgan fingerprint density at radius 3 is 2.46 bits per heavy atom. The normalized spacial score (nSPS) is 12.5. The van der Waals surface area contributed by atoms with Gasteiger partial charge in [0.15, 0.2) is 0 Å². The molecule has 128 valence electrons. The first-order valence-electron chi connectivity index (χ1n) is 7.00. The summed E-state index contributed by atoms with van der Waals surface area (Å²) in [6.45, 7) is 1.38. The van der Waals surface area contributed by atoms with E-state index in [0.717, 1.165) is 16.6 Å². The van der Waals surface area contributed by atoms with Crippen LogP contribution >= 0.6 is 11.6 Å². The lowest BCUT2D eigenvalue weighted by atomic mass is 10.2. The maximum Gasteiger partial charge on any atom is 0.247 e. The molecule has 0 bridgehead atoms. The van der Waals surface area contributed by atoms with Crippen LogP contribution in [0.4, 0.5) is 15.8 Å². The van der Waals surface area contributed by atoms with Gasteiger partial charge in [0.1, 0.15) is 11.9 Å². The average molecular weight is 371 g/mol. The number of benzene rings is 2. The van der Waals surface area contributed by atoms with Crippen molar-refractivity contribution in [1.29, 1.82) is 0 Å². The highest BCUT2D eigenvalue weighted by molar-refractivity contribution is 7.92. The molecule has 5 nitrogen and oxygen atoms in total. The van der Waals surface area contributed by atoms with Crippen molar-refractivity contribution in [2.75, 3.05) is 15.9 Å². The third-order valence-electron chi connectivity index (χ3n) is 3.27. The Labute approximate surface area is 145 Å². The standard InChI is InChI=1S/C16H16ClFN2O3S/c1-11(16(21)19-13-7-5-6-12(17)10-13)20(24(2,22)23)15-9-4-3-8-14(15)18/h3-11H,1-2H3,(H,19,21). The fourth-order valence-electron chi connectivity index (χ4n) is 2.22. The summed E-state index contributed by atoms with van der Waals surface area (Å²) in [6.07, 6.45) is 0.919. The van der Waals surface area contributed by atoms with Crippen molar-refractivity contribution in [3.05, 3.63) is 59.4 Å². The molecule has 0 spiro atoms. The highest BCUT2D eigenvalue weighted by Gasteiger charge is 2.30. The molecule has 0 aromatic heterocycles. The monoisotopic (exact) mass is 370 g/mol. The maximum absolute atomic E-state index is 14.0. The molecule has 0 aliphatic rings. The van der Waals surface area contributed by atoms with Crippen molar-refractivity contribution >= 4 is 38.9 Å². The summed E-state index contributed by atoms with van der Waals surface area (Å²) >= 11 is 5.85. The van der Waals surface area contributed by atoms with Gasteiger partial charge in [-0.2, -0.15) is 0 Å². The van der Waals surface area contributed by atoms with Gasteiger partial charge in [-0.25, -0.2) is 12.8 Å². The first-order valence-corrected chi connectivity index (χ1v) is 9.23. The Hall–Kier alpha value is -2.12. The number of hydrogen-bond acceptors (Lipinski definition) is 3. The number of carbonyl (C=O) groups is 1. The number of halogens is 2. The lowest BCUT2D eigenvalue weighted by molar-refractivity contribution is -0.116. The Balaban J connectivity index is 2.33. The SMILES string of the molecule is CC(C(=O)Nc1cccc(Cl)c1)N(c1ccccc1F)S(C)(=O)=O. The summed E-state index contributed by atoms with van der Waals surface area (Å²) in [5, 5.41) is 3.00. The Morgan fingerprint density at radius 2 is 1.88 bits per heavy atom. The topological polar surface area (TPSA) is 66.5 Å². The van der Waals surface area contributed by atoms with E-state index in [9.17, 15) is 17.6 Å². The molecule has 2 aromatic carbocycles. The lowest BCUT2D eigenvalue weighted by Crippen LogP contribution is -2.45. The molecule has 24 heavy (non-hydrogen) atoms. The molecule has 2 aromatic rings. The van der Waals surface area contributed by atoms with Crippen molar-refractivity contribution in [2.24, 2.45) is 0 Å². The van der Waals surface area contributed by atoms with Crippen molar-refractivity contribution in [3.8, 4) is 0 Å². The van der Waals surface area contributed by atoms with Crippen molar-refractivity contribution in [1.82, 2.24) is 0 Å². The van der Waals surface area contributed by atoms with E-state index >= 15 is 0 Å². The van der Waals surface area contributed by atoms with Crippen molar-refractivity contribution in [3.63, 3.8) is 0 Å². The van der Waals surface area contributed by atoms with E-state index in [-0.39, 0.29) is 5.69 Å². The summed E-state index contributed by atoms with van der Waals surface area (Å²) < 4.78 is 39.0. The van der Waals surface area contributed by atoms with Crippen molar-refractivity contribution in [2.45, 2.75) is 13.0 Å². The van der Waals surface area contributed by atoms with Crippen molar-refractivity contribution < 1.29 is 17.6 Å². The fourth-order valence-corrected chi connectivity index (χ4v) is 3.59. The first kappa shape index (κ1) is 18.2. The zero-order chi connectivity index (χ0) is 17.9. The largest absolute Gasteiger partial charge is 0.324 e. The Kier molecular flexibility index (Phi) is 5.46. The van der Waals surface area contributed by atoms with E-state index in [4.69, 9.17) is 11.6 Å². The molecule has 1 unspecified atom stereocenters. The van der Waals surface area contributed by atoms with Crippen LogP contribution in [0.15, 0.2) is 48.5 Å². The quantitative estimate of drug-likeness (QED) is 0.878. The van der Waals surface area contributed by atoms with Gasteiger partial charge in [0.2, 0.25) is 15.9 Å². The molecule has 0 aliphatic heterocycles. The minimum atomic E-state index is -3.88. The van der Waals surface area contributed by atoms with Crippen LogP contribution in [0.5, 0.6) is 0 Å². The van der Waals surface area contributed by atoms with E-state index in [2.05, 4.69) is 5.32 Å². The number of rotatable bonds is 5. The molecule has 1 N–H and O–H groups in total. The van der Waals surface area contributed by atoms with Gasteiger partial charge in [-0.3, -0.25) is 9.10 Å². The molecule has 0 radical (unpaired) electrons. The van der Waals surface area contributed by atoms with Crippen LogP contribution in [0.2, 0.25) is 5.02 Å². The van der Waals surface area contributed by atoms with E-state index in [0.29, 0.717) is 10.7 Å². The minimum absolute atomic E-state index is 0.186. The number of hydrogen-bond donors (Lipinski definition) is 1. The molecule has 2 rings (SSSR count). The van der Waals surface area contributed by atoms with Crippen LogP contribution in [0.1, 0.15) is 6.92 Å². The molecule has 8 heteroatoms. The average Bonchev–Trinajstić information content (AvgIpc) is 2.48. The smallest absolute Gasteiger partial charge is 0.247 e. The molecule has 0 aliphatic carbocycles. The van der Waals surface area contributed by atoms with Gasteiger partial charge in [-0.1, -0.05) is 29.8 Å². The molecular weight excluding hydrogens is 355 g/mol.